The number of ether oxygens (including phenoxy) is 1. The molecule has 0 aliphatic carbocycles. The Bertz CT molecular complexity index is 1020. The number of nitrogens with one attached hydrogen (secondary N) is 1. The van der Waals surface area contributed by atoms with Gasteiger partial charge in [0.25, 0.3) is 0 Å². The van der Waals surface area contributed by atoms with Gasteiger partial charge in [0, 0.05) is 17.8 Å². The summed E-state index contributed by atoms with van der Waals surface area (Å²) in [5.41, 5.74) is 5.23. The summed E-state index contributed by atoms with van der Waals surface area (Å²) < 4.78 is 4.73. The summed E-state index contributed by atoms with van der Waals surface area (Å²) in [7, 11) is 1.37. The Labute approximate surface area is 203 Å². The molecule has 5 heteroatoms. The lowest BCUT2D eigenvalue weighted by molar-refractivity contribution is -0.119. The Morgan fingerprint density at radius 3 is 1.97 bits per heavy atom. The van der Waals surface area contributed by atoms with E-state index < -0.39 is 5.92 Å². The molecule has 0 saturated carbocycles. The van der Waals surface area contributed by atoms with Gasteiger partial charge in [-0.05, 0) is 62.1 Å². The van der Waals surface area contributed by atoms with E-state index in [2.05, 4.69) is 24.0 Å². The van der Waals surface area contributed by atoms with E-state index in [0.717, 1.165) is 28.8 Å². The van der Waals surface area contributed by atoms with Gasteiger partial charge in [0.1, 0.15) is 11.5 Å². The molecule has 0 bridgehead atoms. The van der Waals surface area contributed by atoms with Crippen molar-refractivity contribution in [1.82, 2.24) is 5.32 Å². The summed E-state index contributed by atoms with van der Waals surface area (Å²) in [6.45, 7) is 13.2. The van der Waals surface area contributed by atoms with E-state index in [1.807, 2.05) is 38.1 Å². The molecule has 0 fully saturated rings. The first-order valence-electron chi connectivity index (χ1n) is 11.5. The predicted octanol–water partition coefficient (Wildman–Crippen LogP) is 6.31. The van der Waals surface area contributed by atoms with E-state index in [1.165, 1.54) is 14.0 Å². The van der Waals surface area contributed by atoms with Crippen LogP contribution in [0, 0.1) is 5.92 Å². The van der Waals surface area contributed by atoms with Crippen LogP contribution >= 0.6 is 0 Å². The van der Waals surface area contributed by atoms with Crippen molar-refractivity contribution in [2.24, 2.45) is 5.92 Å². The fourth-order valence-corrected chi connectivity index (χ4v) is 3.17. The maximum absolute atomic E-state index is 11.6. The van der Waals surface area contributed by atoms with Crippen LogP contribution in [0.5, 0.6) is 0 Å². The van der Waals surface area contributed by atoms with Gasteiger partial charge >= 0.3 is 5.97 Å². The highest BCUT2D eigenvalue weighted by molar-refractivity contribution is 5.89. The highest BCUT2D eigenvalue weighted by Gasteiger charge is 2.17. The van der Waals surface area contributed by atoms with Crippen molar-refractivity contribution in [3.63, 3.8) is 0 Å². The number of benzene rings is 2. The molecule has 0 amide bonds. The Balaban J connectivity index is 0.00000281. The van der Waals surface area contributed by atoms with Gasteiger partial charge in [-0.25, -0.2) is 4.79 Å². The quantitative estimate of drug-likeness (QED) is 0.245. The molecule has 0 aliphatic rings. The van der Waals surface area contributed by atoms with Crippen molar-refractivity contribution in [2.75, 3.05) is 7.11 Å². The molecule has 0 saturated heterocycles. The fourth-order valence-electron chi connectivity index (χ4n) is 3.17. The number of Topliss-reactive ketones (excluding diaryl/α,β-unsaturated/α-hetero) is 1. The van der Waals surface area contributed by atoms with Crippen molar-refractivity contribution >= 4 is 11.8 Å². The van der Waals surface area contributed by atoms with Crippen LogP contribution in [0.4, 0.5) is 0 Å². The average molecular weight is 464 g/mol. The summed E-state index contributed by atoms with van der Waals surface area (Å²) in [5, 5.41) is 13.7. The number of ketones is 1. The van der Waals surface area contributed by atoms with Gasteiger partial charge in [0.15, 0.2) is 0 Å². The Morgan fingerprint density at radius 1 is 1.00 bits per heavy atom. The molecule has 1 unspecified atom stereocenters. The molecule has 0 aromatic heterocycles. The van der Waals surface area contributed by atoms with Crippen LogP contribution in [-0.2, 0) is 22.5 Å². The number of methoxy groups -OCH3 is 1. The highest BCUT2D eigenvalue weighted by atomic mass is 16.5. The van der Waals surface area contributed by atoms with Crippen LogP contribution in [0.3, 0.4) is 0 Å². The summed E-state index contributed by atoms with van der Waals surface area (Å²) in [5.74, 6) is -0.916. The molecule has 1 atom stereocenters. The van der Waals surface area contributed by atoms with Crippen LogP contribution in [0.1, 0.15) is 61.7 Å². The van der Waals surface area contributed by atoms with E-state index in [4.69, 9.17) is 4.74 Å². The molecular formula is C29H37NO4. The van der Waals surface area contributed by atoms with Gasteiger partial charge in [-0.15, -0.1) is 0 Å². The van der Waals surface area contributed by atoms with E-state index >= 15 is 0 Å². The van der Waals surface area contributed by atoms with Crippen LogP contribution < -0.4 is 5.32 Å². The van der Waals surface area contributed by atoms with Gasteiger partial charge in [-0.3, -0.25) is 4.79 Å². The van der Waals surface area contributed by atoms with E-state index in [-0.39, 0.29) is 17.5 Å². The molecule has 2 N–H and O–H groups in total. The standard InChI is InChI=1S/C27H31NO4.C2H6/c1-6-7-25(19(3)26(30)18(2)20(4)29)28-17-23-10-8-21(9-11-23)16-22-12-14-24(15-13-22)27(31)32-5;1-2/h6-15,18,28,30H,1,16-17H2,2-5H3;1-2H3/b25-7+,26-19+;. The molecule has 2 aromatic rings. The molecule has 0 heterocycles. The largest absolute Gasteiger partial charge is 0.511 e. The first kappa shape index (κ1) is 28.4. The van der Waals surface area contributed by atoms with Gasteiger partial charge in [0.2, 0.25) is 0 Å². The predicted molar refractivity (Wildman–Crippen MR) is 139 cm³/mol. The summed E-state index contributed by atoms with van der Waals surface area (Å²) in [4.78, 5) is 23.1. The third kappa shape index (κ3) is 8.39. The second-order valence-corrected chi connectivity index (χ2v) is 7.69. The van der Waals surface area contributed by atoms with Crippen molar-refractivity contribution in [2.45, 2.75) is 47.6 Å². The summed E-state index contributed by atoms with van der Waals surface area (Å²) >= 11 is 0. The fraction of sp³-hybridized carbons (Fsp3) is 0.310. The highest BCUT2D eigenvalue weighted by Crippen LogP contribution is 2.19. The number of rotatable bonds is 10. The molecule has 34 heavy (non-hydrogen) atoms. The van der Waals surface area contributed by atoms with Crippen molar-refractivity contribution in [3.8, 4) is 0 Å². The van der Waals surface area contributed by atoms with Crippen molar-refractivity contribution in [3.05, 3.63) is 107 Å². The number of esters is 1. The number of hydrogen-bond acceptors (Lipinski definition) is 5. The topological polar surface area (TPSA) is 75.6 Å². The second kappa shape index (κ2) is 14.5. The molecule has 2 aromatic carbocycles. The zero-order chi connectivity index (χ0) is 25.7. The Kier molecular flexibility index (Phi) is 12.1. The molecule has 0 radical (unpaired) electrons. The van der Waals surface area contributed by atoms with E-state index in [0.29, 0.717) is 17.7 Å². The lowest BCUT2D eigenvalue weighted by Gasteiger charge is -2.16. The van der Waals surface area contributed by atoms with Gasteiger partial charge in [-0.2, -0.15) is 0 Å². The number of carbonyl (C=O) groups is 2. The Hall–Kier alpha value is -3.60. The SMILES string of the molecule is C=C/C=C(NCc1ccc(Cc2ccc(C(=O)OC)cc2)cc1)\C(C)=C(\O)C(C)C(C)=O.CC. The number of carbonyl (C=O) groups excluding carboxylic acids is 2. The minimum absolute atomic E-state index is 0.0617. The normalized spacial score (nSPS) is 12.5. The maximum atomic E-state index is 11.6. The lowest BCUT2D eigenvalue weighted by atomic mass is 9.99. The Morgan fingerprint density at radius 2 is 1.50 bits per heavy atom. The monoisotopic (exact) mass is 463 g/mol. The lowest BCUT2D eigenvalue weighted by Crippen LogP contribution is -2.18. The molecule has 182 valence electrons. The number of aliphatic hydroxyl groups is 1. The maximum Gasteiger partial charge on any atom is 0.337 e. The molecule has 5 nitrogen and oxygen atoms in total. The second-order valence-electron chi connectivity index (χ2n) is 7.69. The third-order valence-corrected chi connectivity index (χ3v) is 5.38. The zero-order valence-corrected chi connectivity index (χ0v) is 21.1. The van der Waals surface area contributed by atoms with Crippen molar-refractivity contribution in [1.29, 1.82) is 0 Å². The van der Waals surface area contributed by atoms with Crippen LogP contribution in [0.15, 0.2) is 84.3 Å². The average Bonchev–Trinajstić information content (AvgIpc) is 2.87. The molecule has 0 spiro atoms. The van der Waals surface area contributed by atoms with Gasteiger partial charge < -0.3 is 15.2 Å². The number of aliphatic hydroxyl groups excluding tert-OH is 1. The first-order chi connectivity index (χ1) is 16.3. The number of hydrogen-bond donors (Lipinski definition) is 2. The van der Waals surface area contributed by atoms with Crippen LogP contribution in [0.2, 0.25) is 0 Å². The van der Waals surface area contributed by atoms with E-state index in [1.54, 1.807) is 38.1 Å². The minimum atomic E-state index is -0.550. The van der Waals surface area contributed by atoms with Crippen molar-refractivity contribution < 1.29 is 19.4 Å². The van der Waals surface area contributed by atoms with Crippen LogP contribution in [0.25, 0.3) is 0 Å². The third-order valence-electron chi connectivity index (χ3n) is 5.38. The summed E-state index contributed by atoms with van der Waals surface area (Å²) in [6, 6.07) is 15.6. The van der Waals surface area contributed by atoms with Crippen LogP contribution in [-0.4, -0.2) is 24.0 Å². The molecular weight excluding hydrogens is 426 g/mol. The van der Waals surface area contributed by atoms with E-state index in [9.17, 15) is 14.7 Å². The molecule has 2 rings (SSSR count). The first-order valence-corrected chi connectivity index (χ1v) is 11.5. The minimum Gasteiger partial charge on any atom is -0.511 e. The zero-order valence-electron chi connectivity index (χ0n) is 21.1. The smallest absolute Gasteiger partial charge is 0.337 e. The van der Waals surface area contributed by atoms with Gasteiger partial charge in [-0.1, -0.05) is 62.9 Å². The number of allylic oxidation sites excluding steroid dienone is 4. The molecule has 0 aliphatic heterocycles. The summed E-state index contributed by atoms with van der Waals surface area (Å²) in [6.07, 6.45) is 4.19. The van der Waals surface area contributed by atoms with Gasteiger partial charge in [0.05, 0.1) is 18.6 Å².